The molecule has 0 saturated carbocycles. The van der Waals surface area contributed by atoms with Gasteiger partial charge in [-0.05, 0) is 50.6 Å². The van der Waals surface area contributed by atoms with E-state index in [9.17, 15) is 18.4 Å². The van der Waals surface area contributed by atoms with Crippen LogP contribution in [0.2, 0.25) is 0 Å². The standard InChI is InChI=1S/C21H18F2N2O3S/c1-11-4-6-15(12(2)8-11)20(27)28-13(3)19(26)25-21-24-18(10-29-21)14-5-7-16(22)17(23)9-14/h4-10,13H,1-3H3,(H,24,25,26)/t13-/m0/s1. The molecular weight excluding hydrogens is 398 g/mol. The first-order valence-electron chi connectivity index (χ1n) is 8.74. The topological polar surface area (TPSA) is 68.3 Å². The van der Waals surface area contributed by atoms with Gasteiger partial charge in [0.05, 0.1) is 11.3 Å². The van der Waals surface area contributed by atoms with E-state index in [1.807, 2.05) is 13.0 Å². The maximum atomic E-state index is 13.4. The monoisotopic (exact) mass is 416 g/mol. The van der Waals surface area contributed by atoms with Gasteiger partial charge in [-0.15, -0.1) is 11.3 Å². The number of amides is 1. The molecule has 3 rings (SSSR count). The Hall–Kier alpha value is -3.13. The average molecular weight is 416 g/mol. The molecule has 1 heterocycles. The van der Waals surface area contributed by atoms with Crippen molar-refractivity contribution in [3.63, 3.8) is 0 Å². The van der Waals surface area contributed by atoms with Gasteiger partial charge in [0.25, 0.3) is 5.91 Å². The van der Waals surface area contributed by atoms with Crippen molar-refractivity contribution in [3.8, 4) is 11.3 Å². The summed E-state index contributed by atoms with van der Waals surface area (Å²) in [5.74, 6) is -3.06. The molecule has 1 aromatic heterocycles. The number of hydrogen-bond acceptors (Lipinski definition) is 5. The highest BCUT2D eigenvalue weighted by molar-refractivity contribution is 7.14. The van der Waals surface area contributed by atoms with Crippen molar-refractivity contribution in [2.45, 2.75) is 26.9 Å². The molecule has 0 aliphatic rings. The van der Waals surface area contributed by atoms with Crippen LogP contribution in [0.4, 0.5) is 13.9 Å². The van der Waals surface area contributed by atoms with E-state index in [1.165, 1.54) is 13.0 Å². The number of rotatable bonds is 5. The van der Waals surface area contributed by atoms with E-state index >= 15 is 0 Å². The maximum absolute atomic E-state index is 13.4. The Balaban J connectivity index is 1.64. The number of thiazole rings is 1. The summed E-state index contributed by atoms with van der Waals surface area (Å²) in [7, 11) is 0. The van der Waals surface area contributed by atoms with Crippen molar-refractivity contribution in [2.75, 3.05) is 5.32 Å². The van der Waals surface area contributed by atoms with E-state index in [0.717, 1.165) is 34.6 Å². The number of carbonyl (C=O) groups excluding carboxylic acids is 2. The lowest BCUT2D eigenvalue weighted by atomic mass is 10.1. The highest BCUT2D eigenvalue weighted by Crippen LogP contribution is 2.26. The second kappa shape index (κ2) is 8.48. The smallest absolute Gasteiger partial charge is 0.339 e. The van der Waals surface area contributed by atoms with Crippen LogP contribution in [0.1, 0.15) is 28.4 Å². The summed E-state index contributed by atoms with van der Waals surface area (Å²) in [5.41, 5.74) is 2.95. The highest BCUT2D eigenvalue weighted by Gasteiger charge is 2.21. The minimum atomic E-state index is -1.04. The molecule has 0 aliphatic heterocycles. The molecule has 0 saturated heterocycles. The van der Waals surface area contributed by atoms with Gasteiger partial charge in [0.15, 0.2) is 22.9 Å². The van der Waals surface area contributed by atoms with Gasteiger partial charge >= 0.3 is 5.97 Å². The third-order valence-electron chi connectivity index (χ3n) is 4.20. The molecule has 29 heavy (non-hydrogen) atoms. The summed E-state index contributed by atoms with van der Waals surface area (Å²) in [6, 6.07) is 8.75. The molecule has 8 heteroatoms. The number of halogens is 2. The quantitative estimate of drug-likeness (QED) is 0.602. The van der Waals surface area contributed by atoms with Crippen molar-refractivity contribution >= 4 is 28.3 Å². The van der Waals surface area contributed by atoms with E-state index in [-0.39, 0.29) is 5.13 Å². The first kappa shape index (κ1) is 20.6. The SMILES string of the molecule is Cc1ccc(C(=O)O[C@@H](C)C(=O)Nc2nc(-c3ccc(F)c(F)c3)cs2)c(C)c1. The Bertz CT molecular complexity index is 1080. The summed E-state index contributed by atoms with van der Waals surface area (Å²) in [6.45, 7) is 5.17. The Morgan fingerprint density at radius 3 is 2.55 bits per heavy atom. The summed E-state index contributed by atoms with van der Waals surface area (Å²) in [6.07, 6.45) is -1.04. The van der Waals surface area contributed by atoms with Gasteiger partial charge in [-0.3, -0.25) is 10.1 Å². The third kappa shape index (κ3) is 4.83. The molecule has 0 radical (unpaired) electrons. The highest BCUT2D eigenvalue weighted by atomic mass is 32.1. The number of anilines is 1. The van der Waals surface area contributed by atoms with E-state index in [2.05, 4.69) is 10.3 Å². The van der Waals surface area contributed by atoms with E-state index in [1.54, 1.807) is 24.4 Å². The summed E-state index contributed by atoms with van der Waals surface area (Å²) in [5, 5.41) is 4.42. The van der Waals surface area contributed by atoms with Gasteiger partial charge in [0, 0.05) is 10.9 Å². The third-order valence-corrected chi connectivity index (χ3v) is 4.96. The average Bonchev–Trinajstić information content (AvgIpc) is 3.12. The van der Waals surface area contributed by atoms with Crippen molar-refractivity contribution in [2.24, 2.45) is 0 Å². The zero-order valence-electron chi connectivity index (χ0n) is 16.0. The fraction of sp³-hybridized carbons (Fsp3) is 0.190. The summed E-state index contributed by atoms with van der Waals surface area (Å²) < 4.78 is 31.7. The number of nitrogens with one attached hydrogen (secondary N) is 1. The van der Waals surface area contributed by atoms with Crippen LogP contribution in [-0.4, -0.2) is 23.0 Å². The predicted molar refractivity (Wildman–Crippen MR) is 107 cm³/mol. The van der Waals surface area contributed by atoms with Crippen LogP contribution < -0.4 is 5.32 Å². The van der Waals surface area contributed by atoms with Crippen LogP contribution in [0.3, 0.4) is 0 Å². The minimum absolute atomic E-state index is 0.254. The number of ether oxygens (including phenoxy) is 1. The van der Waals surface area contributed by atoms with Gasteiger partial charge in [-0.25, -0.2) is 18.6 Å². The van der Waals surface area contributed by atoms with Crippen LogP contribution in [0.15, 0.2) is 41.8 Å². The number of benzene rings is 2. The molecule has 0 aliphatic carbocycles. The van der Waals surface area contributed by atoms with Gasteiger partial charge in [-0.2, -0.15) is 0 Å². The number of esters is 1. The number of carbonyl (C=O) groups is 2. The Morgan fingerprint density at radius 1 is 1.10 bits per heavy atom. The fourth-order valence-corrected chi connectivity index (χ4v) is 3.37. The Kier molecular flexibility index (Phi) is 6.03. The first-order chi connectivity index (χ1) is 13.7. The Morgan fingerprint density at radius 2 is 1.86 bits per heavy atom. The lowest BCUT2D eigenvalue weighted by Crippen LogP contribution is -2.30. The van der Waals surface area contributed by atoms with E-state index in [0.29, 0.717) is 16.8 Å². The molecule has 1 amide bonds. The molecule has 1 atom stereocenters. The van der Waals surface area contributed by atoms with Crippen molar-refractivity contribution in [1.29, 1.82) is 0 Å². The molecule has 0 fully saturated rings. The van der Waals surface area contributed by atoms with Crippen LogP contribution >= 0.6 is 11.3 Å². The molecule has 3 aromatic rings. The van der Waals surface area contributed by atoms with Gasteiger partial charge in [-0.1, -0.05) is 17.7 Å². The first-order valence-corrected chi connectivity index (χ1v) is 9.62. The number of hydrogen-bond donors (Lipinski definition) is 1. The zero-order valence-corrected chi connectivity index (χ0v) is 16.8. The zero-order chi connectivity index (χ0) is 21.1. The molecule has 5 nitrogen and oxygen atoms in total. The van der Waals surface area contributed by atoms with Crippen LogP contribution in [0.5, 0.6) is 0 Å². The summed E-state index contributed by atoms with van der Waals surface area (Å²) in [4.78, 5) is 28.8. The second-order valence-electron chi connectivity index (χ2n) is 6.52. The minimum Gasteiger partial charge on any atom is -0.449 e. The number of aryl methyl sites for hydroxylation is 2. The Labute approximate surface area is 170 Å². The normalized spacial score (nSPS) is 11.8. The van der Waals surface area contributed by atoms with Crippen LogP contribution in [0.25, 0.3) is 11.3 Å². The van der Waals surface area contributed by atoms with Gasteiger partial charge in [0.1, 0.15) is 0 Å². The second-order valence-corrected chi connectivity index (χ2v) is 7.38. The lowest BCUT2D eigenvalue weighted by molar-refractivity contribution is -0.123. The molecular formula is C21H18F2N2O3S. The van der Waals surface area contributed by atoms with Crippen molar-refractivity contribution in [3.05, 3.63) is 70.1 Å². The summed E-state index contributed by atoms with van der Waals surface area (Å²) >= 11 is 1.12. The lowest BCUT2D eigenvalue weighted by Gasteiger charge is -2.13. The molecule has 1 N–H and O–H groups in total. The maximum Gasteiger partial charge on any atom is 0.339 e. The number of nitrogens with zero attached hydrogens (tertiary/aromatic N) is 1. The van der Waals surface area contributed by atoms with Crippen LogP contribution in [-0.2, 0) is 9.53 Å². The van der Waals surface area contributed by atoms with E-state index < -0.39 is 29.6 Å². The molecule has 150 valence electrons. The largest absolute Gasteiger partial charge is 0.449 e. The number of aromatic nitrogens is 1. The van der Waals surface area contributed by atoms with Crippen LogP contribution in [0, 0.1) is 25.5 Å². The van der Waals surface area contributed by atoms with Gasteiger partial charge in [0.2, 0.25) is 0 Å². The molecule has 0 unspecified atom stereocenters. The molecule has 2 aromatic carbocycles. The molecule has 0 spiro atoms. The van der Waals surface area contributed by atoms with Gasteiger partial charge < -0.3 is 4.74 Å². The fourth-order valence-electron chi connectivity index (χ4n) is 2.65. The predicted octanol–water partition coefficient (Wildman–Crippen LogP) is 4.89. The molecule has 0 bridgehead atoms. The van der Waals surface area contributed by atoms with Crippen molar-refractivity contribution in [1.82, 2.24) is 4.98 Å². The van der Waals surface area contributed by atoms with Crippen molar-refractivity contribution < 1.29 is 23.1 Å². The van der Waals surface area contributed by atoms with E-state index in [4.69, 9.17) is 4.74 Å².